The lowest BCUT2D eigenvalue weighted by molar-refractivity contribution is 0.405. The minimum absolute atomic E-state index is 0.563. The zero-order valence-electron chi connectivity index (χ0n) is 11.4. The summed E-state index contributed by atoms with van der Waals surface area (Å²) in [5.41, 5.74) is 1.50. The average molecular weight is 301 g/mol. The van der Waals surface area contributed by atoms with Crippen molar-refractivity contribution in [1.82, 2.24) is 14.6 Å². The van der Waals surface area contributed by atoms with Gasteiger partial charge in [0.25, 0.3) is 5.19 Å². The lowest BCUT2D eigenvalue weighted by Crippen LogP contribution is -1.88. The fourth-order valence-electron chi connectivity index (χ4n) is 2.25. The molecule has 7 heteroatoms. The molecule has 0 saturated heterocycles. The molecule has 3 heterocycles. The number of ether oxygens (including phenoxy) is 2. The van der Waals surface area contributed by atoms with E-state index in [9.17, 15) is 0 Å². The van der Waals surface area contributed by atoms with Crippen molar-refractivity contribution in [3.8, 4) is 22.4 Å². The minimum atomic E-state index is 0.563. The van der Waals surface area contributed by atoms with Gasteiger partial charge in [-0.3, -0.25) is 0 Å². The van der Waals surface area contributed by atoms with Gasteiger partial charge in [-0.2, -0.15) is 4.52 Å². The fraction of sp³-hybridized carbons (Fsp3) is 0.143. The summed E-state index contributed by atoms with van der Waals surface area (Å²) in [6.45, 7) is 0. The lowest BCUT2D eigenvalue weighted by Gasteiger charge is -1.98. The topological polar surface area (TPSA) is 61.8 Å². The molecule has 0 aliphatic rings. The molecule has 0 radical (unpaired) electrons. The van der Waals surface area contributed by atoms with Gasteiger partial charge in [-0.15, -0.1) is 5.10 Å². The Hall–Kier alpha value is -2.54. The van der Waals surface area contributed by atoms with Gasteiger partial charge < -0.3 is 13.9 Å². The highest BCUT2D eigenvalue weighted by atomic mass is 32.1. The van der Waals surface area contributed by atoms with Gasteiger partial charge in [-0.1, -0.05) is 12.1 Å². The van der Waals surface area contributed by atoms with Crippen molar-refractivity contribution in [3.05, 3.63) is 30.5 Å². The number of hydrogen-bond acceptors (Lipinski definition) is 6. The molecule has 21 heavy (non-hydrogen) atoms. The van der Waals surface area contributed by atoms with E-state index in [0.29, 0.717) is 22.3 Å². The number of rotatable bonds is 3. The number of hydrogen-bond donors (Lipinski definition) is 0. The van der Waals surface area contributed by atoms with Crippen LogP contribution in [0, 0.1) is 0 Å². The van der Waals surface area contributed by atoms with Gasteiger partial charge in [0, 0.05) is 5.39 Å². The van der Waals surface area contributed by atoms with E-state index < -0.39 is 0 Å². The van der Waals surface area contributed by atoms with Crippen molar-refractivity contribution in [3.63, 3.8) is 0 Å². The van der Waals surface area contributed by atoms with Gasteiger partial charge in [0.05, 0.1) is 20.4 Å². The third kappa shape index (κ3) is 1.78. The zero-order chi connectivity index (χ0) is 14.4. The van der Waals surface area contributed by atoms with Gasteiger partial charge in [-0.05, 0) is 23.5 Å². The molecule has 106 valence electrons. The van der Waals surface area contributed by atoms with Gasteiger partial charge in [0.2, 0.25) is 4.96 Å². The van der Waals surface area contributed by atoms with Crippen molar-refractivity contribution in [2.24, 2.45) is 0 Å². The number of furan rings is 1. The maximum atomic E-state index is 5.92. The normalized spacial score (nSPS) is 11.3. The van der Waals surface area contributed by atoms with Crippen molar-refractivity contribution in [1.29, 1.82) is 0 Å². The van der Waals surface area contributed by atoms with E-state index in [1.165, 1.54) is 11.3 Å². The third-order valence-corrected chi connectivity index (χ3v) is 4.11. The van der Waals surface area contributed by atoms with Crippen LogP contribution in [0.5, 0.6) is 10.9 Å². The summed E-state index contributed by atoms with van der Waals surface area (Å²) in [6.07, 6.45) is 1.74. The highest BCUT2D eigenvalue weighted by Crippen LogP contribution is 2.34. The Balaban J connectivity index is 1.93. The SMILES string of the molecule is COc1nn2c(-c3cc4cccc(OC)c4o3)cnc2s1. The van der Waals surface area contributed by atoms with Crippen LogP contribution in [-0.2, 0) is 0 Å². The molecule has 0 amide bonds. The molecule has 0 N–H and O–H groups in total. The smallest absolute Gasteiger partial charge is 0.294 e. The number of para-hydroxylation sites is 1. The number of imidazole rings is 1. The highest BCUT2D eigenvalue weighted by Gasteiger charge is 2.16. The number of benzene rings is 1. The van der Waals surface area contributed by atoms with Crippen LogP contribution >= 0.6 is 11.3 Å². The Morgan fingerprint density at radius 2 is 2.14 bits per heavy atom. The van der Waals surface area contributed by atoms with Gasteiger partial charge in [0.1, 0.15) is 5.69 Å². The molecule has 0 saturated carbocycles. The largest absolute Gasteiger partial charge is 0.493 e. The van der Waals surface area contributed by atoms with E-state index >= 15 is 0 Å². The molecule has 0 atom stereocenters. The van der Waals surface area contributed by atoms with Gasteiger partial charge in [-0.25, -0.2) is 4.98 Å². The molecule has 0 spiro atoms. The predicted octanol–water partition coefficient (Wildman–Crippen LogP) is 3.22. The first-order chi connectivity index (χ1) is 10.3. The predicted molar refractivity (Wildman–Crippen MR) is 79.2 cm³/mol. The van der Waals surface area contributed by atoms with Crippen LogP contribution < -0.4 is 9.47 Å². The molecular weight excluding hydrogens is 290 g/mol. The zero-order valence-corrected chi connectivity index (χ0v) is 12.2. The van der Waals surface area contributed by atoms with Crippen LogP contribution in [-0.4, -0.2) is 28.8 Å². The number of fused-ring (bicyclic) bond motifs is 2. The van der Waals surface area contributed by atoms with Crippen molar-refractivity contribution in [2.75, 3.05) is 14.2 Å². The van der Waals surface area contributed by atoms with Crippen LogP contribution in [0.4, 0.5) is 0 Å². The van der Waals surface area contributed by atoms with Crippen LogP contribution in [0.2, 0.25) is 0 Å². The van der Waals surface area contributed by atoms with Crippen LogP contribution in [0.25, 0.3) is 27.4 Å². The van der Waals surface area contributed by atoms with Gasteiger partial charge in [0.15, 0.2) is 17.1 Å². The number of methoxy groups -OCH3 is 2. The molecule has 1 aromatic carbocycles. The van der Waals surface area contributed by atoms with Crippen molar-refractivity contribution in [2.45, 2.75) is 0 Å². The second-order valence-corrected chi connectivity index (χ2v) is 5.32. The summed E-state index contributed by atoms with van der Waals surface area (Å²) in [7, 11) is 3.21. The number of nitrogens with zero attached hydrogens (tertiary/aromatic N) is 3. The van der Waals surface area contributed by atoms with E-state index in [0.717, 1.165) is 16.0 Å². The summed E-state index contributed by atoms with van der Waals surface area (Å²) in [4.78, 5) is 5.08. The van der Waals surface area contributed by atoms with E-state index in [-0.39, 0.29) is 0 Å². The van der Waals surface area contributed by atoms with Crippen LogP contribution in [0.3, 0.4) is 0 Å². The van der Waals surface area contributed by atoms with E-state index in [1.54, 1.807) is 24.9 Å². The first-order valence-corrected chi connectivity index (χ1v) is 7.07. The molecule has 3 aromatic heterocycles. The summed E-state index contributed by atoms with van der Waals surface area (Å²) in [5.74, 6) is 1.39. The molecule has 0 fully saturated rings. The minimum Gasteiger partial charge on any atom is -0.493 e. The first kappa shape index (κ1) is 12.2. The molecule has 4 aromatic rings. The van der Waals surface area contributed by atoms with Crippen LogP contribution in [0.15, 0.2) is 34.9 Å². The summed E-state index contributed by atoms with van der Waals surface area (Å²) >= 11 is 1.38. The van der Waals surface area contributed by atoms with Gasteiger partial charge >= 0.3 is 0 Å². The lowest BCUT2D eigenvalue weighted by atomic mass is 10.2. The first-order valence-electron chi connectivity index (χ1n) is 6.25. The Labute approximate surface area is 123 Å². The van der Waals surface area contributed by atoms with E-state index in [2.05, 4.69) is 10.1 Å². The molecule has 4 rings (SSSR count). The Bertz CT molecular complexity index is 938. The maximum Gasteiger partial charge on any atom is 0.294 e. The standard InChI is InChI=1S/C14H11N3O3S/c1-18-10-5-3-4-8-6-11(20-12(8)10)9-7-15-13-17(9)16-14(19-2)21-13/h3-7H,1-2H3. The maximum absolute atomic E-state index is 5.92. The molecule has 6 nitrogen and oxygen atoms in total. The Morgan fingerprint density at radius 3 is 2.95 bits per heavy atom. The second-order valence-electron chi connectivity index (χ2n) is 4.40. The molecule has 0 bridgehead atoms. The number of aromatic nitrogens is 3. The summed E-state index contributed by atoms with van der Waals surface area (Å²) < 4.78 is 18.1. The molecule has 0 aliphatic carbocycles. The molecule has 0 unspecified atom stereocenters. The Morgan fingerprint density at radius 1 is 1.24 bits per heavy atom. The van der Waals surface area contributed by atoms with Crippen LogP contribution in [0.1, 0.15) is 0 Å². The third-order valence-electron chi connectivity index (χ3n) is 3.22. The van der Waals surface area contributed by atoms with E-state index in [1.807, 2.05) is 24.3 Å². The van der Waals surface area contributed by atoms with Crippen molar-refractivity contribution >= 4 is 27.3 Å². The summed E-state index contributed by atoms with van der Waals surface area (Å²) in [6, 6.07) is 7.73. The van der Waals surface area contributed by atoms with E-state index in [4.69, 9.17) is 13.9 Å². The van der Waals surface area contributed by atoms with Crippen molar-refractivity contribution < 1.29 is 13.9 Å². The second kappa shape index (κ2) is 4.49. The monoisotopic (exact) mass is 301 g/mol. The Kier molecular flexibility index (Phi) is 2.61. The summed E-state index contributed by atoms with van der Waals surface area (Å²) in [5, 5.41) is 5.88. The molecular formula is C14H11N3O3S. The highest BCUT2D eigenvalue weighted by molar-refractivity contribution is 7.18. The fourth-order valence-corrected chi connectivity index (χ4v) is 2.94. The average Bonchev–Trinajstić information content (AvgIpc) is 3.18. The molecule has 0 aliphatic heterocycles. The quantitative estimate of drug-likeness (QED) is 0.581.